The van der Waals surface area contributed by atoms with Crippen molar-refractivity contribution in [2.24, 2.45) is 5.41 Å². The fraction of sp³-hybridized carbons (Fsp3) is 1.00. The van der Waals surface area contributed by atoms with Gasteiger partial charge < -0.3 is 0 Å². The molecule has 2 atom stereocenters. The molecule has 92 valence electrons. The van der Waals surface area contributed by atoms with Crippen LogP contribution < -0.4 is 0 Å². The summed E-state index contributed by atoms with van der Waals surface area (Å²) in [5.74, 6) is 0. The quantitative estimate of drug-likeness (QED) is 0.383. The lowest BCUT2D eigenvalue weighted by molar-refractivity contribution is 0.356. The normalized spacial score (nSPS) is 15.0. The van der Waals surface area contributed by atoms with Crippen LogP contribution in [-0.4, -0.2) is 12.3 Å². The Morgan fingerprint density at radius 2 is 1.47 bits per heavy atom. The number of hydrogen-bond donors (Lipinski definition) is 0. The van der Waals surface area contributed by atoms with Crippen molar-refractivity contribution < 1.29 is 0 Å². The number of hydrogen-bond acceptors (Lipinski definition) is 0. The van der Waals surface area contributed by atoms with E-state index in [2.05, 4.69) is 34.4 Å². The van der Waals surface area contributed by atoms with Gasteiger partial charge in [0.1, 0.15) is 0 Å². The molecule has 0 saturated heterocycles. The van der Waals surface area contributed by atoms with E-state index in [0.717, 1.165) is 14.2 Å². The first-order valence-corrected chi connectivity index (χ1v) is 8.21. The largest absolute Gasteiger partial charge is 0.122 e. The first-order valence-electron chi connectivity index (χ1n) is 6.63. The van der Waals surface area contributed by atoms with Gasteiger partial charge in [-0.15, -0.1) is 8.58 Å². The van der Waals surface area contributed by atoms with Gasteiger partial charge in [0.25, 0.3) is 0 Å². The first kappa shape index (κ1) is 15.4. The van der Waals surface area contributed by atoms with E-state index in [0.29, 0.717) is 5.41 Å². The van der Waals surface area contributed by atoms with Crippen LogP contribution in [0.2, 0.25) is 0 Å². The summed E-state index contributed by atoms with van der Waals surface area (Å²) in [6.45, 7) is 11.7. The van der Waals surface area contributed by atoms with Crippen LogP contribution in [0.25, 0.3) is 0 Å². The monoisotopic (exact) mass is 230 g/mol. The average molecular weight is 230 g/mol. The zero-order valence-corrected chi connectivity index (χ0v) is 12.5. The molecule has 0 bridgehead atoms. The topological polar surface area (TPSA) is 0 Å². The van der Waals surface area contributed by atoms with Gasteiger partial charge in [0.05, 0.1) is 0 Å². The van der Waals surface area contributed by atoms with Crippen molar-refractivity contribution in [1.29, 1.82) is 0 Å². The minimum absolute atomic E-state index is 0.540. The Morgan fingerprint density at radius 1 is 0.933 bits per heavy atom. The fourth-order valence-electron chi connectivity index (χ4n) is 1.78. The summed E-state index contributed by atoms with van der Waals surface area (Å²) < 4.78 is 0. The molecule has 0 amide bonds. The molecular weight excluding hydrogens is 199 g/mol. The lowest BCUT2D eigenvalue weighted by atomic mass is 9.89. The minimum Gasteiger partial charge on any atom is -0.122 e. The Bertz CT molecular complexity index is 135. The Kier molecular flexibility index (Phi) is 8.81. The van der Waals surface area contributed by atoms with Crippen LogP contribution >= 0.6 is 8.58 Å². The summed E-state index contributed by atoms with van der Waals surface area (Å²) >= 11 is 0. The van der Waals surface area contributed by atoms with Gasteiger partial charge >= 0.3 is 0 Å². The van der Waals surface area contributed by atoms with Crippen LogP contribution in [0.1, 0.15) is 72.6 Å². The second kappa shape index (κ2) is 8.57. The van der Waals surface area contributed by atoms with Crippen molar-refractivity contribution in [3.8, 4) is 0 Å². The van der Waals surface area contributed by atoms with E-state index in [9.17, 15) is 0 Å². The molecule has 0 nitrogen and oxygen atoms in total. The Hall–Kier alpha value is 0.430. The second-order valence-corrected chi connectivity index (χ2v) is 7.62. The third kappa shape index (κ3) is 12.4. The molecule has 0 radical (unpaired) electrons. The molecule has 0 spiro atoms. The average Bonchev–Trinajstić information content (AvgIpc) is 2.14. The van der Waals surface area contributed by atoms with Crippen molar-refractivity contribution in [3.05, 3.63) is 0 Å². The SMILES string of the molecule is CPC(C)CCCCCCCC(C)(C)C. The van der Waals surface area contributed by atoms with E-state index >= 15 is 0 Å². The van der Waals surface area contributed by atoms with Gasteiger partial charge in [-0.05, 0) is 30.6 Å². The van der Waals surface area contributed by atoms with Crippen LogP contribution in [0.3, 0.4) is 0 Å². The molecule has 0 aromatic rings. The standard InChI is InChI=1S/C14H31P/c1-13(15-5)11-9-7-6-8-10-12-14(2,3)4/h13,15H,6-12H2,1-5H3. The van der Waals surface area contributed by atoms with E-state index < -0.39 is 0 Å². The van der Waals surface area contributed by atoms with E-state index in [1.165, 1.54) is 44.9 Å². The highest BCUT2D eigenvalue weighted by Crippen LogP contribution is 2.23. The lowest BCUT2D eigenvalue weighted by Crippen LogP contribution is -2.03. The predicted molar refractivity (Wildman–Crippen MR) is 75.5 cm³/mol. The van der Waals surface area contributed by atoms with Gasteiger partial charge in [-0.3, -0.25) is 0 Å². The molecule has 0 rings (SSSR count). The zero-order valence-electron chi connectivity index (χ0n) is 11.5. The molecule has 1 heteroatoms. The molecular formula is C14H31P. The second-order valence-electron chi connectivity index (χ2n) is 6.06. The van der Waals surface area contributed by atoms with E-state index in [1.54, 1.807) is 0 Å². The van der Waals surface area contributed by atoms with E-state index in [-0.39, 0.29) is 0 Å². The predicted octanol–water partition coefficient (Wildman–Crippen LogP) is 5.46. The Morgan fingerprint density at radius 3 is 2.00 bits per heavy atom. The van der Waals surface area contributed by atoms with Gasteiger partial charge in [0, 0.05) is 0 Å². The Labute approximate surface area is 99.4 Å². The summed E-state index contributed by atoms with van der Waals surface area (Å²) in [5, 5.41) is 0. The third-order valence-electron chi connectivity index (χ3n) is 3.06. The third-order valence-corrected chi connectivity index (χ3v) is 4.33. The Balaban J connectivity index is 3.12. The lowest BCUT2D eigenvalue weighted by Gasteiger charge is -2.17. The maximum atomic E-state index is 2.39. The van der Waals surface area contributed by atoms with Crippen molar-refractivity contribution in [1.82, 2.24) is 0 Å². The van der Waals surface area contributed by atoms with Crippen molar-refractivity contribution in [2.75, 3.05) is 6.66 Å². The van der Waals surface area contributed by atoms with Crippen LogP contribution in [0.4, 0.5) is 0 Å². The maximum Gasteiger partial charge on any atom is -0.0268 e. The molecule has 0 N–H and O–H groups in total. The molecule has 0 aliphatic carbocycles. The van der Waals surface area contributed by atoms with Gasteiger partial charge in [-0.1, -0.05) is 59.8 Å². The highest BCUT2D eigenvalue weighted by molar-refractivity contribution is 7.37. The molecule has 2 unspecified atom stereocenters. The van der Waals surface area contributed by atoms with Gasteiger partial charge in [-0.2, -0.15) is 0 Å². The molecule has 0 saturated carbocycles. The van der Waals surface area contributed by atoms with Gasteiger partial charge in [-0.25, -0.2) is 0 Å². The van der Waals surface area contributed by atoms with E-state index in [4.69, 9.17) is 0 Å². The van der Waals surface area contributed by atoms with Crippen molar-refractivity contribution in [3.63, 3.8) is 0 Å². The van der Waals surface area contributed by atoms with Crippen LogP contribution in [0.15, 0.2) is 0 Å². The highest BCUT2D eigenvalue weighted by atomic mass is 31.1. The van der Waals surface area contributed by atoms with Crippen molar-refractivity contribution in [2.45, 2.75) is 78.3 Å². The zero-order chi connectivity index (χ0) is 11.7. The molecule has 0 aliphatic heterocycles. The minimum atomic E-state index is 0.540. The molecule has 15 heavy (non-hydrogen) atoms. The van der Waals surface area contributed by atoms with Gasteiger partial charge in [0.2, 0.25) is 0 Å². The van der Waals surface area contributed by atoms with Crippen LogP contribution in [-0.2, 0) is 0 Å². The number of rotatable bonds is 8. The van der Waals surface area contributed by atoms with Gasteiger partial charge in [0.15, 0.2) is 0 Å². The van der Waals surface area contributed by atoms with Crippen LogP contribution in [0, 0.1) is 5.41 Å². The summed E-state index contributed by atoms with van der Waals surface area (Å²) in [6.07, 6.45) is 10.1. The molecule has 0 heterocycles. The summed E-state index contributed by atoms with van der Waals surface area (Å²) in [6, 6.07) is 0. The molecule has 0 aromatic heterocycles. The number of unbranched alkanes of at least 4 members (excludes halogenated alkanes) is 4. The maximum absolute atomic E-state index is 2.39. The summed E-state index contributed by atoms with van der Waals surface area (Å²) in [7, 11) is 1.14. The molecule has 0 aromatic carbocycles. The summed E-state index contributed by atoms with van der Waals surface area (Å²) in [5.41, 5.74) is 1.51. The fourth-order valence-corrected chi connectivity index (χ4v) is 2.27. The smallest absolute Gasteiger partial charge is 0.0268 e. The summed E-state index contributed by atoms with van der Waals surface area (Å²) in [4.78, 5) is 0. The molecule has 0 fully saturated rings. The molecule has 0 aliphatic rings. The van der Waals surface area contributed by atoms with Crippen LogP contribution in [0.5, 0.6) is 0 Å². The van der Waals surface area contributed by atoms with Crippen molar-refractivity contribution >= 4 is 8.58 Å². The highest BCUT2D eigenvalue weighted by Gasteiger charge is 2.08. The first-order chi connectivity index (χ1) is 6.95. The van der Waals surface area contributed by atoms with E-state index in [1.807, 2.05) is 0 Å².